The fourth-order valence-electron chi connectivity index (χ4n) is 2.26. The van der Waals surface area contributed by atoms with E-state index in [0.29, 0.717) is 10.7 Å². The molecule has 0 bridgehead atoms. The second-order valence-corrected chi connectivity index (χ2v) is 5.56. The Morgan fingerprint density at radius 2 is 2.00 bits per heavy atom. The molecule has 3 rings (SSSR count). The molecule has 0 aliphatic rings. The average molecular weight is 284 g/mol. The quantitative estimate of drug-likeness (QED) is 0.728. The summed E-state index contributed by atoms with van der Waals surface area (Å²) in [5.41, 5.74) is 3.12. The largest absolute Gasteiger partial charge is 0.303 e. The molecule has 0 spiro atoms. The summed E-state index contributed by atoms with van der Waals surface area (Å²) in [6.07, 6.45) is 0. The van der Waals surface area contributed by atoms with E-state index < -0.39 is 0 Å². The molecule has 0 amide bonds. The Kier molecular flexibility index (Phi) is 3.14. The van der Waals surface area contributed by atoms with Crippen molar-refractivity contribution in [3.63, 3.8) is 0 Å². The van der Waals surface area contributed by atoms with Crippen LogP contribution < -0.4 is 0 Å². The molecule has 20 heavy (non-hydrogen) atoms. The lowest BCUT2D eigenvalue weighted by molar-refractivity contribution is 0.829. The molecule has 0 radical (unpaired) electrons. The van der Waals surface area contributed by atoms with E-state index >= 15 is 0 Å². The number of nitrogens with one attached hydrogen (secondary N) is 1. The van der Waals surface area contributed by atoms with Crippen molar-refractivity contribution in [1.82, 2.24) is 19.7 Å². The summed E-state index contributed by atoms with van der Waals surface area (Å²) in [6, 6.07) is 10.2. The van der Waals surface area contributed by atoms with E-state index in [1.165, 1.54) is 0 Å². The number of aromatic amines is 1. The van der Waals surface area contributed by atoms with Gasteiger partial charge < -0.3 is 4.57 Å². The summed E-state index contributed by atoms with van der Waals surface area (Å²) in [6.45, 7) is 4.29. The van der Waals surface area contributed by atoms with Gasteiger partial charge in [0.05, 0.1) is 5.52 Å². The topological polar surface area (TPSA) is 46.5 Å². The van der Waals surface area contributed by atoms with Crippen LogP contribution in [0.25, 0.3) is 22.3 Å². The lowest BCUT2D eigenvalue weighted by atomic mass is 10.0. The van der Waals surface area contributed by atoms with Gasteiger partial charge in [0, 0.05) is 23.7 Å². The van der Waals surface area contributed by atoms with Gasteiger partial charge in [-0.1, -0.05) is 32.0 Å². The predicted octanol–water partition coefficient (Wildman–Crippen LogP) is 3.82. The number of hydrogen-bond acceptors (Lipinski definition) is 3. The van der Waals surface area contributed by atoms with Gasteiger partial charge >= 0.3 is 0 Å². The highest BCUT2D eigenvalue weighted by atomic mass is 32.1. The third-order valence-electron chi connectivity index (χ3n) is 3.45. The van der Waals surface area contributed by atoms with Crippen LogP contribution in [0.3, 0.4) is 0 Å². The SMILES string of the molecule is CC(C)c1cc(-c2n[nH]c(=S)n2C)c2ccccc2n1. The molecular formula is C15H16N4S. The van der Waals surface area contributed by atoms with Crippen molar-refractivity contribution in [2.45, 2.75) is 19.8 Å². The van der Waals surface area contributed by atoms with Crippen LogP contribution in [0.15, 0.2) is 30.3 Å². The van der Waals surface area contributed by atoms with E-state index in [1.54, 1.807) is 0 Å². The van der Waals surface area contributed by atoms with Crippen LogP contribution in [0, 0.1) is 4.77 Å². The van der Waals surface area contributed by atoms with Crippen LogP contribution in [0.1, 0.15) is 25.5 Å². The summed E-state index contributed by atoms with van der Waals surface area (Å²) in [7, 11) is 1.92. The number of aromatic nitrogens is 4. The molecule has 0 aliphatic heterocycles. The maximum absolute atomic E-state index is 5.21. The zero-order valence-corrected chi connectivity index (χ0v) is 12.5. The predicted molar refractivity (Wildman–Crippen MR) is 83.2 cm³/mol. The highest BCUT2D eigenvalue weighted by Gasteiger charge is 2.13. The van der Waals surface area contributed by atoms with E-state index in [-0.39, 0.29) is 0 Å². The first-order valence-corrected chi connectivity index (χ1v) is 7.00. The van der Waals surface area contributed by atoms with E-state index in [0.717, 1.165) is 28.0 Å². The highest BCUT2D eigenvalue weighted by Crippen LogP contribution is 2.29. The van der Waals surface area contributed by atoms with E-state index in [9.17, 15) is 0 Å². The number of hydrogen-bond donors (Lipinski definition) is 1. The molecule has 0 atom stereocenters. The molecule has 5 heteroatoms. The minimum atomic E-state index is 0.366. The molecule has 3 aromatic rings. The lowest BCUT2D eigenvalue weighted by Crippen LogP contribution is -1.99. The van der Waals surface area contributed by atoms with Crippen molar-refractivity contribution in [1.29, 1.82) is 0 Å². The number of pyridine rings is 1. The Bertz CT molecular complexity index is 829. The molecule has 0 fully saturated rings. The van der Waals surface area contributed by atoms with E-state index in [4.69, 9.17) is 17.2 Å². The lowest BCUT2D eigenvalue weighted by Gasteiger charge is -2.11. The first-order valence-electron chi connectivity index (χ1n) is 6.59. The highest BCUT2D eigenvalue weighted by molar-refractivity contribution is 7.71. The minimum absolute atomic E-state index is 0.366. The van der Waals surface area contributed by atoms with Crippen LogP contribution in [-0.2, 0) is 7.05 Å². The van der Waals surface area contributed by atoms with Crippen molar-refractivity contribution in [2.75, 3.05) is 0 Å². The van der Waals surface area contributed by atoms with Gasteiger partial charge in [0.1, 0.15) is 0 Å². The van der Waals surface area contributed by atoms with Crippen molar-refractivity contribution in [3.05, 3.63) is 40.8 Å². The Balaban J connectivity index is 2.38. The number of para-hydroxylation sites is 1. The average Bonchev–Trinajstić information content (AvgIpc) is 2.78. The second-order valence-electron chi connectivity index (χ2n) is 5.18. The maximum Gasteiger partial charge on any atom is 0.195 e. The molecule has 1 N–H and O–H groups in total. The third-order valence-corrected chi connectivity index (χ3v) is 3.81. The first-order chi connectivity index (χ1) is 9.58. The fourth-order valence-corrected chi connectivity index (χ4v) is 2.40. The van der Waals surface area contributed by atoms with Gasteiger partial charge in [-0.2, -0.15) is 5.10 Å². The van der Waals surface area contributed by atoms with Crippen molar-refractivity contribution >= 4 is 23.1 Å². The molecule has 1 aromatic carbocycles. The molecule has 0 saturated carbocycles. The summed E-state index contributed by atoms with van der Waals surface area (Å²) >= 11 is 5.21. The van der Waals surface area contributed by atoms with Gasteiger partial charge in [-0.25, -0.2) is 0 Å². The van der Waals surface area contributed by atoms with Crippen LogP contribution >= 0.6 is 12.2 Å². The van der Waals surface area contributed by atoms with Crippen LogP contribution in [-0.4, -0.2) is 19.7 Å². The molecule has 0 saturated heterocycles. The summed E-state index contributed by atoms with van der Waals surface area (Å²) in [5.74, 6) is 1.21. The summed E-state index contributed by atoms with van der Waals surface area (Å²) < 4.78 is 2.51. The number of nitrogens with zero attached hydrogens (tertiary/aromatic N) is 3. The van der Waals surface area contributed by atoms with Crippen molar-refractivity contribution < 1.29 is 0 Å². The van der Waals surface area contributed by atoms with Crippen molar-refractivity contribution in [3.8, 4) is 11.4 Å². The molecule has 0 aliphatic carbocycles. The fraction of sp³-hybridized carbons (Fsp3) is 0.267. The smallest absolute Gasteiger partial charge is 0.195 e. The Morgan fingerprint density at radius 1 is 1.25 bits per heavy atom. The van der Waals surface area contributed by atoms with Gasteiger partial charge in [0.2, 0.25) is 0 Å². The van der Waals surface area contributed by atoms with Gasteiger partial charge in [-0.3, -0.25) is 10.1 Å². The van der Waals surface area contributed by atoms with Crippen LogP contribution in [0.2, 0.25) is 0 Å². The zero-order chi connectivity index (χ0) is 14.3. The van der Waals surface area contributed by atoms with Gasteiger partial charge in [0.25, 0.3) is 0 Å². The maximum atomic E-state index is 5.21. The third kappa shape index (κ3) is 2.04. The normalized spacial score (nSPS) is 11.4. The number of H-pyrrole nitrogens is 1. The van der Waals surface area contributed by atoms with Crippen LogP contribution in [0.4, 0.5) is 0 Å². The van der Waals surface area contributed by atoms with Crippen LogP contribution in [0.5, 0.6) is 0 Å². The Morgan fingerprint density at radius 3 is 2.65 bits per heavy atom. The number of benzene rings is 1. The molecule has 102 valence electrons. The molecule has 4 nitrogen and oxygen atoms in total. The summed E-state index contributed by atoms with van der Waals surface area (Å²) in [5, 5.41) is 8.29. The summed E-state index contributed by atoms with van der Waals surface area (Å²) in [4.78, 5) is 4.72. The standard InChI is InChI=1S/C15H16N4S/c1-9(2)13-8-11(14-17-18-15(20)19(14)3)10-6-4-5-7-12(10)16-13/h4-9H,1-3H3,(H,18,20). The Labute approximate surface area is 122 Å². The zero-order valence-electron chi connectivity index (χ0n) is 11.7. The Hall–Kier alpha value is -2.01. The second kappa shape index (κ2) is 4.83. The molecule has 0 unspecified atom stereocenters. The molecule has 2 heterocycles. The first kappa shape index (κ1) is 13.0. The van der Waals surface area contributed by atoms with Gasteiger partial charge in [-0.15, -0.1) is 0 Å². The van der Waals surface area contributed by atoms with E-state index in [1.807, 2.05) is 29.8 Å². The van der Waals surface area contributed by atoms with E-state index in [2.05, 4.69) is 36.2 Å². The molecule has 2 aromatic heterocycles. The van der Waals surface area contributed by atoms with Gasteiger partial charge in [0.15, 0.2) is 10.6 Å². The monoisotopic (exact) mass is 284 g/mol. The number of rotatable bonds is 2. The number of fused-ring (bicyclic) bond motifs is 1. The minimum Gasteiger partial charge on any atom is -0.303 e. The van der Waals surface area contributed by atoms with Crippen molar-refractivity contribution in [2.24, 2.45) is 7.05 Å². The van der Waals surface area contributed by atoms with Gasteiger partial charge in [-0.05, 0) is 30.3 Å². The molecular weight excluding hydrogens is 268 g/mol.